The fraction of sp³-hybridized carbons (Fsp3) is 0.636. The van der Waals surface area contributed by atoms with E-state index in [4.69, 9.17) is 0 Å². The van der Waals surface area contributed by atoms with Crippen molar-refractivity contribution in [3.63, 3.8) is 0 Å². The molecule has 0 amide bonds. The van der Waals surface area contributed by atoms with Gasteiger partial charge in [-0.05, 0) is 27.8 Å². The Labute approximate surface area is 116 Å². The summed E-state index contributed by atoms with van der Waals surface area (Å²) in [6.45, 7) is 2.74. The van der Waals surface area contributed by atoms with Crippen molar-refractivity contribution < 1.29 is 13.2 Å². The zero-order valence-electron chi connectivity index (χ0n) is 10.4. The second-order valence-electron chi connectivity index (χ2n) is 5.34. The Balaban J connectivity index is 2.21. The zero-order chi connectivity index (χ0) is 14.4. The molecule has 4 nitrogen and oxygen atoms in total. The second kappa shape index (κ2) is 4.50. The first-order chi connectivity index (χ1) is 8.60. The summed E-state index contributed by atoms with van der Waals surface area (Å²) < 4.78 is 37.2. The minimum Gasteiger partial charge on any atom is -0.379 e. The van der Waals surface area contributed by atoms with E-state index in [1.165, 1.54) is 6.20 Å². The van der Waals surface area contributed by atoms with Crippen molar-refractivity contribution >= 4 is 21.6 Å². The number of alkyl halides is 3. The number of nitrogens with zero attached hydrogens (tertiary/aromatic N) is 2. The van der Waals surface area contributed by atoms with Gasteiger partial charge in [0, 0.05) is 6.04 Å². The van der Waals surface area contributed by atoms with Gasteiger partial charge in [0.1, 0.15) is 11.0 Å². The molecule has 1 aliphatic rings. The second-order valence-corrected chi connectivity index (χ2v) is 6.13. The molecule has 1 aromatic heterocycles. The Kier molecular flexibility index (Phi) is 3.40. The summed E-state index contributed by atoms with van der Waals surface area (Å²) in [6.07, 6.45) is -2.28. The molecule has 0 aromatic carbocycles. The van der Waals surface area contributed by atoms with Crippen LogP contribution in [-0.2, 0) is 6.54 Å². The standard InChI is InChI=1S/C11H13BrF3N3O/c1-10(2)3-7(10)17-6-4-16-18(5-11(13,14)15)9(19)8(6)12/h4,7,17H,3,5H2,1-2H3. The molecule has 1 atom stereocenters. The van der Waals surface area contributed by atoms with Crippen molar-refractivity contribution in [1.29, 1.82) is 0 Å². The molecule has 2 rings (SSSR count). The predicted molar refractivity (Wildman–Crippen MR) is 68.1 cm³/mol. The molecule has 1 N–H and O–H groups in total. The van der Waals surface area contributed by atoms with Gasteiger partial charge in [-0.2, -0.15) is 18.3 Å². The predicted octanol–water partition coefficient (Wildman–Crippen LogP) is 2.78. The summed E-state index contributed by atoms with van der Waals surface area (Å²) in [5.41, 5.74) is -0.222. The van der Waals surface area contributed by atoms with Crippen LogP contribution in [0.1, 0.15) is 20.3 Å². The van der Waals surface area contributed by atoms with Crippen molar-refractivity contribution in [2.45, 2.75) is 39.0 Å². The zero-order valence-corrected chi connectivity index (χ0v) is 12.0. The Morgan fingerprint density at radius 2 is 2.16 bits per heavy atom. The first-order valence-electron chi connectivity index (χ1n) is 5.69. The molecule has 106 valence electrons. The monoisotopic (exact) mass is 339 g/mol. The number of halogens is 4. The number of hydrogen-bond acceptors (Lipinski definition) is 3. The van der Waals surface area contributed by atoms with Crippen molar-refractivity contribution in [1.82, 2.24) is 9.78 Å². The normalized spacial score (nSPS) is 21.3. The van der Waals surface area contributed by atoms with Crippen molar-refractivity contribution in [3.8, 4) is 0 Å². The third kappa shape index (κ3) is 3.29. The maximum absolute atomic E-state index is 12.2. The maximum Gasteiger partial charge on any atom is 0.408 e. The van der Waals surface area contributed by atoms with Gasteiger partial charge >= 0.3 is 6.18 Å². The average molecular weight is 340 g/mol. The van der Waals surface area contributed by atoms with E-state index < -0.39 is 18.3 Å². The summed E-state index contributed by atoms with van der Waals surface area (Å²) in [5, 5.41) is 6.65. The van der Waals surface area contributed by atoms with Gasteiger partial charge in [0.15, 0.2) is 0 Å². The van der Waals surface area contributed by atoms with Crippen LogP contribution in [-0.4, -0.2) is 22.0 Å². The highest BCUT2D eigenvalue weighted by atomic mass is 79.9. The van der Waals surface area contributed by atoms with E-state index in [1.807, 2.05) is 0 Å². The van der Waals surface area contributed by atoms with Gasteiger partial charge in [-0.15, -0.1) is 0 Å². The van der Waals surface area contributed by atoms with Crippen LogP contribution in [0.4, 0.5) is 18.9 Å². The summed E-state index contributed by atoms with van der Waals surface area (Å²) in [5.74, 6) is 0. The van der Waals surface area contributed by atoms with Crippen molar-refractivity contribution in [2.24, 2.45) is 5.41 Å². The minimum atomic E-state index is -4.47. The van der Waals surface area contributed by atoms with E-state index in [-0.39, 0.29) is 15.9 Å². The van der Waals surface area contributed by atoms with Crippen LogP contribution in [0.15, 0.2) is 15.5 Å². The lowest BCUT2D eigenvalue weighted by Gasteiger charge is -2.12. The molecule has 1 aromatic rings. The summed E-state index contributed by atoms with van der Waals surface area (Å²) in [6, 6.07) is 0.212. The lowest BCUT2D eigenvalue weighted by atomic mass is 10.2. The van der Waals surface area contributed by atoms with Gasteiger partial charge in [-0.3, -0.25) is 4.79 Å². The van der Waals surface area contributed by atoms with Gasteiger partial charge in [-0.25, -0.2) is 4.68 Å². The van der Waals surface area contributed by atoms with Crippen LogP contribution in [0.25, 0.3) is 0 Å². The summed E-state index contributed by atoms with van der Waals surface area (Å²) in [4.78, 5) is 11.7. The van der Waals surface area contributed by atoms with Gasteiger partial charge in [0.05, 0.1) is 11.9 Å². The third-order valence-electron chi connectivity index (χ3n) is 3.16. The fourth-order valence-electron chi connectivity index (χ4n) is 1.75. The summed E-state index contributed by atoms with van der Waals surface area (Å²) in [7, 11) is 0. The first-order valence-corrected chi connectivity index (χ1v) is 6.48. The summed E-state index contributed by atoms with van der Waals surface area (Å²) >= 11 is 3.03. The topological polar surface area (TPSA) is 46.9 Å². The Morgan fingerprint density at radius 1 is 1.58 bits per heavy atom. The molecular formula is C11H13BrF3N3O. The molecule has 0 radical (unpaired) electrons. The molecular weight excluding hydrogens is 327 g/mol. The molecule has 1 unspecified atom stereocenters. The van der Waals surface area contributed by atoms with Crippen LogP contribution < -0.4 is 10.9 Å². The van der Waals surface area contributed by atoms with Gasteiger partial charge in [0.25, 0.3) is 5.56 Å². The van der Waals surface area contributed by atoms with Crippen molar-refractivity contribution in [2.75, 3.05) is 5.32 Å². The van der Waals surface area contributed by atoms with E-state index in [0.29, 0.717) is 10.4 Å². The molecule has 1 heterocycles. The number of anilines is 1. The molecule has 0 spiro atoms. The number of nitrogens with one attached hydrogen (secondary N) is 1. The van der Waals surface area contributed by atoms with E-state index in [2.05, 4.69) is 40.2 Å². The molecule has 0 saturated heterocycles. The molecule has 8 heteroatoms. The molecule has 1 fully saturated rings. The lowest BCUT2D eigenvalue weighted by Crippen LogP contribution is -2.31. The van der Waals surface area contributed by atoms with Crippen LogP contribution in [0.5, 0.6) is 0 Å². The highest BCUT2D eigenvalue weighted by Crippen LogP contribution is 2.46. The Morgan fingerprint density at radius 3 is 2.63 bits per heavy atom. The van der Waals surface area contributed by atoms with E-state index >= 15 is 0 Å². The molecule has 1 saturated carbocycles. The van der Waals surface area contributed by atoms with Crippen LogP contribution in [0.3, 0.4) is 0 Å². The molecule has 1 aliphatic carbocycles. The average Bonchev–Trinajstić information content (AvgIpc) is 2.84. The van der Waals surface area contributed by atoms with E-state index in [0.717, 1.165) is 6.42 Å². The highest BCUT2D eigenvalue weighted by Gasteiger charge is 2.46. The van der Waals surface area contributed by atoms with Crippen LogP contribution in [0.2, 0.25) is 0 Å². The van der Waals surface area contributed by atoms with E-state index in [1.54, 1.807) is 0 Å². The number of rotatable bonds is 3. The Hall–Kier alpha value is -1.05. The number of hydrogen-bond donors (Lipinski definition) is 1. The minimum absolute atomic E-state index is 0.0782. The largest absolute Gasteiger partial charge is 0.408 e. The van der Waals surface area contributed by atoms with Crippen LogP contribution >= 0.6 is 15.9 Å². The maximum atomic E-state index is 12.2. The number of aromatic nitrogens is 2. The van der Waals surface area contributed by atoms with Crippen LogP contribution in [0, 0.1) is 5.41 Å². The van der Waals surface area contributed by atoms with Gasteiger partial charge < -0.3 is 5.32 Å². The first kappa shape index (κ1) is 14.4. The molecule has 0 bridgehead atoms. The van der Waals surface area contributed by atoms with Gasteiger partial charge in [-0.1, -0.05) is 13.8 Å². The van der Waals surface area contributed by atoms with Crippen molar-refractivity contribution in [3.05, 3.63) is 21.0 Å². The molecule has 0 aliphatic heterocycles. The lowest BCUT2D eigenvalue weighted by molar-refractivity contribution is -0.143. The quantitative estimate of drug-likeness (QED) is 0.921. The highest BCUT2D eigenvalue weighted by molar-refractivity contribution is 9.10. The smallest absolute Gasteiger partial charge is 0.379 e. The SMILES string of the molecule is CC1(C)CC1Nc1cnn(CC(F)(F)F)c(=O)c1Br. The third-order valence-corrected chi connectivity index (χ3v) is 3.92. The Bertz CT molecular complexity index is 553. The van der Waals surface area contributed by atoms with Gasteiger partial charge in [0.2, 0.25) is 0 Å². The molecule has 19 heavy (non-hydrogen) atoms. The fourth-order valence-corrected chi connectivity index (χ4v) is 2.17. The van der Waals surface area contributed by atoms with E-state index in [9.17, 15) is 18.0 Å².